The van der Waals surface area contributed by atoms with E-state index in [4.69, 9.17) is 0 Å². The van der Waals surface area contributed by atoms with E-state index in [-0.39, 0.29) is 16.4 Å². The molecule has 0 amide bonds. The molecule has 0 saturated heterocycles. The summed E-state index contributed by atoms with van der Waals surface area (Å²) in [5.74, 6) is -2.30. The molecular formula is C15H21NO6S. The number of rotatable bonds is 7. The van der Waals surface area contributed by atoms with Crippen molar-refractivity contribution in [2.45, 2.75) is 38.1 Å². The number of carbonyl (C=O) groups excluding carboxylic acids is 1. The molecule has 0 unspecified atom stereocenters. The van der Waals surface area contributed by atoms with E-state index >= 15 is 0 Å². The fourth-order valence-electron chi connectivity index (χ4n) is 2.01. The lowest BCUT2D eigenvalue weighted by Gasteiger charge is -2.20. The number of aryl methyl sites for hydroxylation is 1. The van der Waals surface area contributed by atoms with Crippen molar-refractivity contribution in [3.63, 3.8) is 0 Å². The van der Waals surface area contributed by atoms with Crippen molar-refractivity contribution in [3.8, 4) is 0 Å². The summed E-state index contributed by atoms with van der Waals surface area (Å²) in [7, 11) is -2.90. The van der Waals surface area contributed by atoms with Crippen LogP contribution in [0.4, 0.5) is 0 Å². The fourth-order valence-corrected chi connectivity index (χ4v) is 3.58. The van der Waals surface area contributed by atoms with E-state index in [0.717, 1.165) is 0 Å². The van der Waals surface area contributed by atoms with Crippen LogP contribution in [0.1, 0.15) is 36.2 Å². The van der Waals surface area contributed by atoms with Crippen LogP contribution in [0.15, 0.2) is 23.1 Å². The minimum absolute atomic E-state index is 0.0777. The summed E-state index contributed by atoms with van der Waals surface area (Å²) in [5.41, 5.74) is 0.479. The largest absolute Gasteiger partial charge is 0.480 e. The van der Waals surface area contributed by atoms with Crippen LogP contribution in [0.5, 0.6) is 0 Å². The summed E-state index contributed by atoms with van der Waals surface area (Å²) in [4.78, 5) is 22.7. The van der Waals surface area contributed by atoms with Gasteiger partial charge >= 0.3 is 11.9 Å². The molecule has 128 valence electrons. The first-order chi connectivity index (χ1) is 10.6. The molecule has 0 saturated carbocycles. The van der Waals surface area contributed by atoms with Crippen molar-refractivity contribution >= 4 is 22.0 Å². The van der Waals surface area contributed by atoms with Crippen LogP contribution >= 0.6 is 0 Å². The average molecular weight is 343 g/mol. The number of benzene rings is 1. The maximum atomic E-state index is 12.5. The topological polar surface area (TPSA) is 110 Å². The van der Waals surface area contributed by atoms with Gasteiger partial charge in [-0.15, -0.1) is 0 Å². The van der Waals surface area contributed by atoms with Gasteiger partial charge in [-0.1, -0.05) is 26.3 Å². The summed E-state index contributed by atoms with van der Waals surface area (Å²) in [6.45, 7) is 4.99. The predicted molar refractivity (Wildman–Crippen MR) is 83.7 cm³/mol. The Hall–Kier alpha value is -1.93. The number of esters is 1. The fraction of sp³-hybridized carbons (Fsp3) is 0.467. The Bertz CT molecular complexity index is 698. The van der Waals surface area contributed by atoms with E-state index in [1.807, 2.05) is 0 Å². The molecular weight excluding hydrogens is 322 g/mol. The zero-order valence-electron chi connectivity index (χ0n) is 13.5. The number of aliphatic carboxylic acids is 1. The molecule has 0 aromatic heterocycles. The first-order valence-corrected chi connectivity index (χ1v) is 8.56. The molecule has 0 aliphatic heterocycles. The molecule has 0 fully saturated rings. The molecule has 1 aromatic rings. The molecule has 1 rings (SSSR count). The second-order valence-corrected chi connectivity index (χ2v) is 6.98. The second-order valence-electron chi connectivity index (χ2n) is 5.29. The standard InChI is InChI=1S/C15H21NO6S/c1-5-9(2)13(14(17)18)16-23(20,21)12-8-11(15(19)22-4)7-6-10(12)3/h6-9,13,16H,5H2,1-4H3,(H,17,18)/t9-,13-/m0/s1. The molecule has 0 heterocycles. The van der Waals surface area contributed by atoms with Gasteiger partial charge in [-0.05, 0) is 30.5 Å². The molecule has 23 heavy (non-hydrogen) atoms. The number of hydrogen-bond donors (Lipinski definition) is 2. The van der Waals surface area contributed by atoms with E-state index in [0.29, 0.717) is 12.0 Å². The quantitative estimate of drug-likeness (QED) is 0.727. The first kappa shape index (κ1) is 19.1. The van der Waals surface area contributed by atoms with Gasteiger partial charge < -0.3 is 9.84 Å². The lowest BCUT2D eigenvalue weighted by Crippen LogP contribution is -2.45. The number of nitrogens with one attached hydrogen (secondary N) is 1. The second kappa shape index (κ2) is 7.56. The van der Waals surface area contributed by atoms with Crippen LogP contribution in [0, 0.1) is 12.8 Å². The van der Waals surface area contributed by atoms with E-state index in [1.165, 1.54) is 25.3 Å². The van der Waals surface area contributed by atoms with E-state index in [9.17, 15) is 23.1 Å². The van der Waals surface area contributed by atoms with Crippen molar-refractivity contribution in [1.82, 2.24) is 4.72 Å². The summed E-state index contributed by atoms with van der Waals surface area (Å²) < 4.78 is 31.8. The molecule has 8 heteroatoms. The van der Waals surface area contributed by atoms with Crippen molar-refractivity contribution in [2.75, 3.05) is 7.11 Å². The minimum atomic E-state index is -4.09. The number of carbonyl (C=O) groups is 2. The predicted octanol–water partition coefficient (Wildman–Crippen LogP) is 1.56. The van der Waals surface area contributed by atoms with Crippen LogP contribution in [0.3, 0.4) is 0 Å². The van der Waals surface area contributed by atoms with Crippen LogP contribution < -0.4 is 4.72 Å². The Kier molecular flexibility index (Phi) is 6.28. The molecule has 2 N–H and O–H groups in total. The van der Waals surface area contributed by atoms with Gasteiger partial charge in [-0.25, -0.2) is 13.2 Å². The van der Waals surface area contributed by atoms with Crippen LogP contribution in [-0.2, 0) is 19.6 Å². The van der Waals surface area contributed by atoms with Crippen molar-refractivity contribution in [2.24, 2.45) is 5.92 Å². The van der Waals surface area contributed by atoms with Gasteiger partial charge in [0.1, 0.15) is 6.04 Å². The molecule has 7 nitrogen and oxygen atoms in total. The molecule has 0 spiro atoms. The number of hydrogen-bond acceptors (Lipinski definition) is 5. The van der Waals surface area contributed by atoms with Gasteiger partial charge in [0.2, 0.25) is 10.0 Å². The Labute approximate surface area is 135 Å². The minimum Gasteiger partial charge on any atom is -0.480 e. The number of sulfonamides is 1. The van der Waals surface area contributed by atoms with Gasteiger partial charge in [0.15, 0.2) is 0 Å². The third kappa shape index (κ3) is 4.52. The average Bonchev–Trinajstić information content (AvgIpc) is 2.51. The van der Waals surface area contributed by atoms with E-state index < -0.39 is 28.0 Å². The number of ether oxygens (including phenoxy) is 1. The lowest BCUT2D eigenvalue weighted by atomic mass is 10.0. The zero-order valence-corrected chi connectivity index (χ0v) is 14.3. The molecule has 0 radical (unpaired) electrons. The maximum Gasteiger partial charge on any atom is 0.337 e. The molecule has 2 atom stereocenters. The first-order valence-electron chi connectivity index (χ1n) is 7.08. The van der Waals surface area contributed by atoms with Crippen molar-refractivity contribution in [1.29, 1.82) is 0 Å². The van der Waals surface area contributed by atoms with Crippen LogP contribution in [-0.4, -0.2) is 38.6 Å². The van der Waals surface area contributed by atoms with E-state index in [2.05, 4.69) is 9.46 Å². The lowest BCUT2D eigenvalue weighted by molar-refractivity contribution is -0.140. The Morgan fingerprint density at radius 2 is 1.96 bits per heavy atom. The highest BCUT2D eigenvalue weighted by Gasteiger charge is 2.30. The highest BCUT2D eigenvalue weighted by atomic mass is 32.2. The van der Waals surface area contributed by atoms with Gasteiger partial charge in [0.05, 0.1) is 17.6 Å². The number of methoxy groups -OCH3 is 1. The van der Waals surface area contributed by atoms with Gasteiger partial charge in [-0.3, -0.25) is 4.79 Å². The Morgan fingerprint density at radius 3 is 2.43 bits per heavy atom. The van der Waals surface area contributed by atoms with E-state index in [1.54, 1.807) is 20.8 Å². The van der Waals surface area contributed by atoms with Crippen molar-refractivity contribution in [3.05, 3.63) is 29.3 Å². The molecule has 0 aliphatic carbocycles. The third-order valence-corrected chi connectivity index (χ3v) is 5.24. The number of carboxylic acid groups (broad SMARTS) is 1. The maximum absolute atomic E-state index is 12.5. The summed E-state index contributed by atoms with van der Waals surface area (Å²) >= 11 is 0. The highest BCUT2D eigenvalue weighted by molar-refractivity contribution is 7.89. The van der Waals surface area contributed by atoms with Gasteiger partial charge in [0.25, 0.3) is 0 Å². The highest BCUT2D eigenvalue weighted by Crippen LogP contribution is 2.19. The van der Waals surface area contributed by atoms with Crippen molar-refractivity contribution < 1.29 is 27.9 Å². The summed E-state index contributed by atoms with van der Waals surface area (Å²) in [6.07, 6.45) is 0.501. The third-order valence-electron chi connectivity index (χ3n) is 3.66. The molecule has 1 aromatic carbocycles. The van der Waals surface area contributed by atoms with Crippen LogP contribution in [0.2, 0.25) is 0 Å². The van der Waals surface area contributed by atoms with Gasteiger partial charge in [-0.2, -0.15) is 4.72 Å². The molecule has 0 bridgehead atoms. The normalized spacial score (nSPS) is 14.1. The Balaban J connectivity index is 3.27. The zero-order chi connectivity index (χ0) is 17.8. The monoisotopic (exact) mass is 343 g/mol. The summed E-state index contributed by atoms with van der Waals surface area (Å²) in [5, 5.41) is 9.23. The molecule has 0 aliphatic rings. The summed E-state index contributed by atoms with van der Waals surface area (Å²) in [6, 6.07) is 2.86. The Morgan fingerprint density at radius 1 is 1.35 bits per heavy atom. The number of carboxylic acids is 1. The SMILES string of the molecule is CC[C@H](C)[C@H](NS(=O)(=O)c1cc(C(=O)OC)ccc1C)C(=O)O. The van der Waals surface area contributed by atoms with Gasteiger partial charge in [0, 0.05) is 0 Å². The smallest absolute Gasteiger partial charge is 0.337 e. The van der Waals surface area contributed by atoms with Crippen LogP contribution in [0.25, 0.3) is 0 Å².